The fourth-order valence-corrected chi connectivity index (χ4v) is 1.58. The second kappa shape index (κ2) is 6.37. The van der Waals surface area contributed by atoms with Gasteiger partial charge in [-0.3, -0.25) is 4.79 Å². The number of allylic oxidation sites excluding steroid dienone is 1. The number of benzene rings is 1. The monoisotopic (exact) mass is 329 g/mol. The van der Waals surface area contributed by atoms with Crippen molar-refractivity contribution in [3.8, 4) is 0 Å². The van der Waals surface area contributed by atoms with E-state index in [2.05, 4.69) is 0 Å². The third-order valence-electron chi connectivity index (χ3n) is 2.58. The molecule has 0 saturated heterocycles. The van der Waals surface area contributed by atoms with Crippen LogP contribution in [-0.2, 0) is 17.5 Å². The molecule has 0 atom stereocenters. The number of carbonyl (C=O) groups excluding carboxylic acids is 1. The first-order valence-electron chi connectivity index (χ1n) is 5.77. The quantitative estimate of drug-likeness (QED) is 0.608. The smallest absolute Gasteiger partial charge is 0.338 e. The molecule has 0 heterocycles. The Morgan fingerprint density at radius 2 is 1.77 bits per heavy atom. The van der Waals surface area contributed by atoms with Crippen molar-refractivity contribution in [1.29, 1.82) is 0 Å². The SMILES string of the molecule is CN(Cc1ccc(F)cc1C(F)(F)F)C(=O)/C=C/C(F)(F)F. The van der Waals surface area contributed by atoms with Crippen molar-refractivity contribution < 1.29 is 35.5 Å². The van der Waals surface area contributed by atoms with Crippen LogP contribution in [0.3, 0.4) is 0 Å². The van der Waals surface area contributed by atoms with E-state index in [1.165, 1.54) is 0 Å². The van der Waals surface area contributed by atoms with E-state index in [0.717, 1.165) is 19.2 Å². The van der Waals surface area contributed by atoms with Crippen LogP contribution in [0.5, 0.6) is 0 Å². The van der Waals surface area contributed by atoms with Crippen LogP contribution in [0.1, 0.15) is 11.1 Å². The van der Waals surface area contributed by atoms with Crippen molar-refractivity contribution in [3.05, 3.63) is 47.3 Å². The first kappa shape index (κ1) is 18.0. The molecule has 22 heavy (non-hydrogen) atoms. The van der Waals surface area contributed by atoms with Gasteiger partial charge in [-0.25, -0.2) is 4.39 Å². The lowest BCUT2D eigenvalue weighted by Crippen LogP contribution is -2.26. The summed E-state index contributed by atoms with van der Waals surface area (Å²) in [6.07, 6.45) is -9.66. The van der Waals surface area contributed by atoms with Gasteiger partial charge in [0.15, 0.2) is 0 Å². The van der Waals surface area contributed by atoms with Crippen molar-refractivity contribution >= 4 is 5.91 Å². The zero-order chi connectivity index (χ0) is 17.1. The minimum Gasteiger partial charge on any atom is -0.338 e. The molecule has 0 aliphatic heterocycles. The molecule has 1 amide bonds. The van der Waals surface area contributed by atoms with Crippen LogP contribution >= 0.6 is 0 Å². The molecule has 0 aromatic heterocycles. The van der Waals surface area contributed by atoms with Crippen molar-refractivity contribution in [1.82, 2.24) is 4.90 Å². The standard InChI is InChI=1S/C13H10F7NO/c1-21(11(22)4-5-12(15,16)17)7-8-2-3-9(14)6-10(8)13(18,19)20/h2-6H,7H2,1H3/b5-4+. The summed E-state index contributed by atoms with van der Waals surface area (Å²) in [4.78, 5) is 12.1. The zero-order valence-electron chi connectivity index (χ0n) is 11.1. The Morgan fingerprint density at radius 3 is 2.27 bits per heavy atom. The van der Waals surface area contributed by atoms with Gasteiger partial charge in [-0.1, -0.05) is 6.07 Å². The van der Waals surface area contributed by atoms with Gasteiger partial charge in [-0.15, -0.1) is 0 Å². The lowest BCUT2D eigenvalue weighted by molar-refractivity contribution is -0.139. The molecule has 0 aliphatic rings. The van der Waals surface area contributed by atoms with Crippen molar-refractivity contribution in [2.75, 3.05) is 7.05 Å². The maximum absolute atomic E-state index is 12.9. The zero-order valence-corrected chi connectivity index (χ0v) is 11.1. The lowest BCUT2D eigenvalue weighted by atomic mass is 10.1. The van der Waals surface area contributed by atoms with Gasteiger partial charge >= 0.3 is 12.4 Å². The molecule has 0 fully saturated rings. The molecule has 0 bridgehead atoms. The highest BCUT2D eigenvalue weighted by Gasteiger charge is 2.34. The molecule has 0 saturated carbocycles. The average molecular weight is 329 g/mol. The molecular formula is C13H10F7NO. The van der Waals surface area contributed by atoms with Crippen LogP contribution in [0, 0.1) is 5.82 Å². The van der Waals surface area contributed by atoms with Gasteiger partial charge in [0.2, 0.25) is 5.91 Å². The summed E-state index contributed by atoms with van der Waals surface area (Å²) in [6, 6.07) is 1.86. The number of carbonyl (C=O) groups is 1. The average Bonchev–Trinajstić information content (AvgIpc) is 2.35. The van der Waals surface area contributed by atoms with E-state index in [1.54, 1.807) is 0 Å². The van der Waals surface area contributed by atoms with Gasteiger partial charge in [-0.2, -0.15) is 26.3 Å². The minimum absolute atomic E-state index is 0.205. The summed E-state index contributed by atoms with van der Waals surface area (Å²) in [5.74, 6) is -2.24. The maximum atomic E-state index is 12.9. The molecule has 0 aliphatic carbocycles. The van der Waals surface area contributed by atoms with E-state index in [4.69, 9.17) is 0 Å². The maximum Gasteiger partial charge on any atom is 0.416 e. The third kappa shape index (κ3) is 5.38. The summed E-state index contributed by atoms with van der Waals surface area (Å²) < 4.78 is 86.9. The third-order valence-corrected chi connectivity index (χ3v) is 2.58. The van der Waals surface area contributed by atoms with Crippen molar-refractivity contribution in [2.45, 2.75) is 18.9 Å². The normalized spacial score (nSPS) is 12.7. The van der Waals surface area contributed by atoms with E-state index in [-0.39, 0.29) is 18.2 Å². The van der Waals surface area contributed by atoms with Crippen LogP contribution < -0.4 is 0 Å². The summed E-state index contributed by atoms with van der Waals surface area (Å²) in [6.45, 7) is -0.615. The fourth-order valence-electron chi connectivity index (χ4n) is 1.58. The number of likely N-dealkylation sites (N-methyl/N-ethyl adjacent to an activating group) is 1. The predicted molar refractivity (Wildman–Crippen MR) is 63.1 cm³/mol. The Balaban J connectivity index is 2.96. The number of rotatable bonds is 3. The van der Waals surface area contributed by atoms with Crippen LogP contribution in [0.25, 0.3) is 0 Å². The summed E-state index contributed by atoms with van der Waals surface area (Å²) in [7, 11) is 1.03. The van der Waals surface area contributed by atoms with Gasteiger partial charge in [0.1, 0.15) is 5.82 Å². The number of nitrogens with zero attached hydrogens (tertiary/aromatic N) is 1. The summed E-state index contributed by atoms with van der Waals surface area (Å²) in [5.41, 5.74) is -1.71. The van der Waals surface area contributed by atoms with Gasteiger partial charge < -0.3 is 4.90 Å². The van der Waals surface area contributed by atoms with Gasteiger partial charge in [0.05, 0.1) is 5.56 Å². The Bertz CT molecular complexity index is 575. The van der Waals surface area contributed by atoms with E-state index < -0.39 is 41.7 Å². The number of amides is 1. The molecule has 1 aromatic carbocycles. The molecule has 0 N–H and O–H groups in total. The first-order chi connectivity index (χ1) is 9.90. The van der Waals surface area contributed by atoms with Crippen LogP contribution in [0.15, 0.2) is 30.4 Å². The fraction of sp³-hybridized carbons (Fsp3) is 0.308. The summed E-state index contributed by atoms with van der Waals surface area (Å²) in [5, 5.41) is 0. The lowest BCUT2D eigenvalue weighted by Gasteiger charge is -2.19. The van der Waals surface area contributed by atoms with Gasteiger partial charge in [0, 0.05) is 25.7 Å². The van der Waals surface area contributed by atoms with Crippen LogP contribution in [0.4, 0.5) is 30.7 Å². The van der Waals surface area contributed by atoms with Crippen molar-refractivity contribution in [3.63, 3.8) is 0 Å². The van der Waals surface area contributed by atoms with E-state index in [9.17, 15) is 35.5 Å². The van der Waals surface area contributed by atoms with Gasteiger partial charge in [0.25, 0.3) is 0 Å². The molecular weight excluding hydrogens is 319 g/mol. The Kier molecular flexibility index (Phi) is 5.21. The Labute approximate surface area is 120 Å². The molecule has 9 heteroatoms. The second-order valence-corrected chi connectivity index (χ2v) is 4.37. The van der Waals surface area contributed by atoms with E-state index >= 15 is 0 Å². The second-order valence-electron chi connectivity index (χ2n) is 4.37. The van der Waals surface area contributed by atoms with Crippen LogP contribution in [-0.4, -0.2) is 24.0 Å². The molecule has 0 unspecified atom stereocenters. The van der Waals surface area contributed by atoms with Crippen molar-refractivity contribution in [2.24, 2.45) is 0 Å². The number of alkyl halides is 6. The molecule has 2 nitrogen and oxygen atoms in total. The Hall–Kier alpha value is -2.06. The first-order valence-corrected chi connectivity index (χ1v) is 5.77. The number of halogens is 7. The highest BCUT2D eigenvalue weighted by Crippen LogP contribution is 2.33. The highest BCUT2D eigenvalue weighted by molar-refractivity contribution is 5.87. The number of hydrogen-bond donors (Lipinski definition) is 0. The molecule has 122 valence electrons. The van der Waals surface area contributed by atoms with Gasteiger partial charge in [-0.05, 0) is 17.7 Å². The largest absolute Gasteiger partial charge is 0.416 e. The Morgan fingerprint density at radius 1 is 1.18 bits per heavy atom. The van der Waals surface area contributed by atoms with E-state index in [0.29, 0.717) is 4.90 Å². The molecule has 1 aromatic rings. The summed E-state index contributed by atoms with van der Waals surface area (Å²) >= 11 is 0. The topological polar surface area (TPSA) is 20.3 Å². The molecule has 1 rings (SSSR count). The minimum atomic E-state index is -4.84. The highest BCUT2D eigenvalue weighted by atomic mass is 19.4. The van der Waals surface area contributed by atoms with Crippen LogP contribution in [0.2, 0.25) is 0 Å². The number of hydrogen-bond acceptors (Lipinski definition) is 1. The molecule has 0 radical (unpaired) electrons. The predicted octanol–water partition coefficient (Wildman–Crippen LogP) is 3.92. The van der Waals surface area contributed by atoms with E-state index in [1.807, 2.05) is 0 Å². The molecule has 0 spiro atoms.